The molecule has 0 bridgehead atoms. The van der Waals surface area contributed by atoms with Crippen LogP contribution >= 0.6 is 12.4 Å². The van der Waals surface area contributed by atoms with E-state index in [2.05, 4.69) is 5.32 Å². The van der Waals surface area contributed by atoms with Crippen LogP contribution < -0.4 is 11.1 Å². The zero-order valence-corrected chi connectivity index (χ0v) is 19.4. The van der Waals surface area contributed by atoms with Crippen molar-refractivity contribution < 1.29 is 28.7 Å². The average Bonchev–Trinajstić information content (AvgIpc) is 3.43. The number of likely N-dealkylation sites (N-methyl/N-ethyl adjacent to an activating group) is 1. The molecule has 0 saturated carbocycles. The van der Waals surface area contributed by atoms with Crippen molar-refractivity contribution in [2.24, 2.45) is 5.73 Å². The predicted octanol–water partition coefficient (Wildman–Crippen LogP) is -1.37. The number of rotatable bonds is 0. The highest BCUT2D eigenvalue weighted by Crippen LogP contribution is 2.22. The Kier molecular flexibility index (Phi) is 8.47. The summed E-state index contributed by atoms with van der Waals surface area (Å²) >= 11 is 0. The first-order valence-electron chi connectivity index (χ1n) is 10.7. The Morgan fingerprint density at radius 1 is 0.906 bits per heavy atom. The van der Waals surface area contributed by atoms with Gasteiger partial charge in [-0.25, -0.2) is 4.79 Å². The third kappa shape index (κ3) is 4.98. The van der Waals surface area contributed by atoms with Gasteiger partial charge in [-0.15, -0.1) is 12.4 Å². The average molecular weight is 474 g/mol. The first-order valence-corrected chi connectivity index (χ1v) is 10.7. The maximum atomic E-state index is 13.0. The van der Waals surface area contributed by atoms with Gasteiger partial charge in [-0.2, -0.15) is 0 Å². The molecule has 3 N–H and O–H groups in total. The number of carbonyl (C=O) groups is 5. The van der Waals surface area contributed by atoms with E-state index in [1.165, 1.54) is 21.7 Å². The summed E-state index contributed by atoms with van der Waals surface area (Å²) in [5.41, 5.74) is 5.98. The van der Waals surface area contributed by atoms with Crippen molar-refractivity contribution in [3.63, 3.8) is 0 Å². The van der Waals surface area contributed by atoms with Gasteiger partial charge in [0.2, 0.25) is 23.6 Å². The molecule has 0 aliphatic carbocycles. The standard InChI is InChI=1S/C20H31N5O6.ClH/c1-11-17(27)25-9-5-7-15(25)20(30)31-10-13(21)18(28)24-8-4-6-14(24)19(29)23(3)12(2)16(26)22-11;/h11-15H,4-10,21H2,1-3H3,(H,22,26);1H/t11-,12-,13-,14-,15-;/m0./s1. The molecule has 32 heavy (non-hydrogen) atoms. The molecule has 180 valence electrons. The quantitative estimate of drug-likeness (QED) is 0.413. The molecule has 0 aromatic carbocycles. The largest absolute Gasteiger partial charge is 0.462 e. The van der Waals surface area contributed by atoms with Crippen LogP contribution in [0.25, 0.3) is 0 Å². The van der Waals surface area contributed by atoms with Crippen LogP contribution in [-0.2, 0) is 28.7 Å². The van der Waals surface area contributed by atoms with E-state index in [-0.39, 0.29) is 24.9 Å². The molecule has 0 spiro atoms. The summed E-state index contributed by atoms with van der Waals surface area (Å²) in [7, 11) is 1.50. The number of esters is 1. The minimum absolute atomic E-state index is 0. The molecular formula is C20H32ClN5O6. The van der Waals surface area contributed by atoms with Crippen LogP contribution in [0.1, 0.15) is 39.5 Å². The lowest BCUT2D eigenvalue weighted by atomic mass is 10.1. The maximum Gasteiger partial charge on any atom is 0.328 e. The molecule has 0 aromatic heterocycles. The molecular weight excluding hydrogens is 442 g/mol. The van der Waals surface area contributed by atoms with E-state index in [4.69, 9.17) is 10.5 Å². The van der Waals surface area contributed by atoms with Gasteiger partial charge in [-0.3, -0.25) is 19.2 Å². The van der Waals surface area contributed by atoms with Crippen LogP contribution in [0.15, 0.2) is 0 Å². The van der Waals surface area contributed by atoms with Crippen molar-refractivity contribution in [2.45, 2.75) is 69.7 Å². The van der Waals surface area contributed by atoms with Crippen molar-refractivity contribution in [3.8, 4) is 0 Å². The number of nitrogens with zero attached hydrogens (tertiary/aromatic N) is 3. The number of halogens is 1. The molecule has 3 saturated heterocycles. The molecule has 0 aromatic rings. The second-order valence-electron chi connectivity index (χ2n) is 8.47. The fraction of sp³-hybridized carbons (Fsp3) is 0.750. The minimum Gasteiger partial charge on any atom is -0.462 e. The lowest BCUT2D eigenvalue weighted by Crippen LogP contribution is -2.58. The Morgan fingerprint density at radius 3 is 2.09 bits per heavy atom. The van der Waals surface area contributed by atoms with Crippen molar-refractivity contribution in [3.05, 3.63) is 0 Å². The predicted molar refractivity (Wildman–Crippen MR) is 115 cm³/mol. The van der Waals surface area contributed by atoms with Gasteiger partial charge in [0.25, 0.3) is 0 Å². The van der Waals surface area contributed by atoms with Gasteiger partial charge in [-0.1, -0.05) is 0 Å². The Morgan fingerprint density at radius 2 is 1.47 bits per heavy atom. The lowest BCUT2D eigenvalue weighted by Gasteiger charge is -2.33. The third-order valence-corrected chi connectivity index (χ3v) is 6.39. The van der Waals surface area contributed by atoms with Crippen LogP contribution in [-0.4, -0.2) is 101 Å². The number of ether oxygens (including phenoxy) is 1. The van der Waals surface area contributed by atoms with E-state index in [1.807, 2.05) is 0 Å². The maximum absolute atomic E-state index is 13.0. The molecule has 5 atom stereocenters. The molecule has 3 fully saturated rings. The highest BCUT2D eigenvalue weighted by molar-refractivity contribution is 5.95. The molecule has 3 heterocycles. The summed E-state index contributed by atoms with van der Waals surface area (Å²) in [4.78, 5) is 68.1. The summed E-state index contributed by atoms with van der Waals surface area (Å²) in [6, 6.07) is -4.33. The smallest absolute Gasteiger partial charge is 0.328 e. The lowest BCUT2D eigenvalue weighted by molar-refractivity contribution is -0.156. The van der Waals surface area contributed by atoms with Gasteiger partial charge in [0.05, 0.1) is 0 Å². The third-order valence-electron chi connectivity index (χ3n) is 6.39. The molecule has 3 rings (SSSR count). The van der Waals surface area contributed by atoms with Crippen LogP contribution in [0.5, 0.6) is 0 Å². The number of carbonyl (C=O) groups excluding carboxylic acids is 5. The molecule has 12 heteroatoms. The van der Waals surface area contributed by atoms with Gasteiger partial charge in [0, 0.05) is 20.1 Å². The van der Waals surface area contributed by atoms with Gasteiger partial charge in [-0.05, 0) is 39.5 Å². The Balaban J connectivity index is 0.00000363. The molecule has 3 aliphatic heterocycles. The molecule has 0 unspecified atom stereocenters. The Bertz CT molecular complexity index is 780. The van der Waals surface area contributed by atoms with Crippen LogP contribution in [0.3, 0.4) is 0 Å². The van der Waals surface area contributed by atoms with Gasteiger partial charge in [0.15, 0.2) is 0 Å². The van der Waals surface area contributed by atoms with Crippen molar-refractivity contribution >= 4 is 42.0 Å². The fourth-order valence-electron chi connectivity index (χ4n) is 4.36. The molecule has 0 radical (unpaired) electrons. The number of fused-ring (bicyclic) bond motifs is 2. The summed E-state index contributed by atoms with van der Waals surface area (Å²) in [5.74, 6) is -2.36. The zero-order valence-electron chi connectivity index (χ0n) is 18.6. The van der Waals surface area contributed by atoms with E-state index >= 15 is 0 Å². The summed E-state index contributed by atoms with van der Waals surface area (Å²) in [5, 5.41) is 2.64. The topological polar surface area (TPSA) is 142 Å². The van der Waals surface area contributed by atoms with Crippen LogP contribution in [0, 0.1) is 0 Å². The van der Waals surface area contributed by atoms with E-state index in [0.717, 1.165) is 0 Å². The number of nitrogens with two attached hydrogens (primary N) is 1. The van der Waals surface area contributed by atoms with Gasteiger partial charge in [0.1, 0.15) is 36.8 Å². The first-order chi connectivity index (χ1) is 14.6. The second kappa shape index (κ2) is 10.5. The Hall–Kier alpha value is -2.40. The van der Waals surface area contributed by atoms with E-state index < -0.39 is 53.9 Å². The minimum atomic E-state index is -1.11. The zero-order chi connectivity index (χ0) is 22.9. The highest BCUT2D eigenvalue weighted by atomic mass is 35.5. The second-order valence-corrected chi connectivity index (χ2v) is 8.47. The number of cyclic esters (lactones) is 1. The summed E-state index contributed by atoms with van der Waals surface area (Å²) in [6.07, 6.45) is 2.16. The van der Waals surface area contributed by atoms with E-state index in [1.54, 1.807) is 13.8 Å². The Labute approximate surface area is 193 Å². The van der Waals surface area contributed by atoms with Crippen LogP contribution in [0.2, 0.25) is 0 Å². The first kappa shape index (κ1) is 25.9. The van der Waals surface area contributed by atoms with Gasteiger partial charge < -0.3 is 30.5 Å². The van der Waals surface area contributed by atoms with Crippen molar-refractivity contribution in [2.75, 3.05) is 26.7 Å². The molecule has 3 aliphatic rings. The summed E-state index contributed by atoms with van der Waals surface area (Å²) < 4.78 is 5.27. The van der Waals surface area contributed by atoms with E-state index in [9.17, 15) is 24.0 Å². The van der Waals surface area contributed by atoms with Gasteiger partial charge >= 0.3 is 5.97 Å². The van der Waals surface area contributed by atoms with Crippen molar-refractivity contribution in [1.82, 2.24) is 20.0 Å². The number of hydrogen-bond donors (Lipinski definition) is 2. The van der Waals surface area contributed by atoms with E-state index in [0.29, 0.717) is 38.8 Å². The highest BCUT2D eigenvalue weighted by Gasteiger charge is 2.42. The summed E-state index contributed by atoms with van der Waals surface area (Å²) in [6.45, 7) is 3.52. The van der Waals surface area contributed by atoms with Crippen molar-refractivity contribution in [1.29, 1.82) is 0 Å². The van der Waals surface area contributed by atoms with Crippen LogP contribution in [0.4, 0.5) is 0 Å². The normalized spacial score (nSPS) is 32.8. The number of amides is 4. The fourth-order valence-corrected chi connectivity index (χ4v) is 4.36. The molecule has 11 nitrogen and oxygen atoms in total. The number of hydrogen-bond acceptors (Lipinski definition) is 7. The monoisotopic (exact) mass is 473 g/mol. The number of nitrogens with one attached hydrogen (secondary N) is 1. The SMILES string of the molecule is C[C@@H]1NC(=O)[C@H](C)N(C)C(=O)[C@@H]2CCCN2C(=O)[C@@H](N)COC(=O)[C@@H]2CCCN2C1=O.Cl. The molecule has 4 amide bonds.